The van der Waals surface area contributed by atoms with Gasteiger partial charge in [0.15, 0.2) is 0 Å². The highest BCUT2D eigenvalue weighted by molar-refractivity contribution is 5.99. The molecule has 0 bridgehead atoms. The van der Waals surface area contributed by atoms with Crippen LogP contribution in [0.3, 0.4) is 0 Å². The van der Waals surface area contributed by atoms with E-state index in [4.69, 9.17) is 4.74 Å². The summed E-state index contributed by atoms with van der Waals surface area (Å²) in [6.45, 7) is 0.709. The topological polar surface area (TPSA) is 58.6 Å². The maximum atomic E-state index is 12.8. The van der Waals surface area contributed by atoms with Gasteiger partial charge in [0, 0.05) is 25.2 Å². The first-order chi connectivity index (χ1) is 13.5. The predicted molar refractivity (Wildman–Crippen MR) is 109 cm³/mol. The molecule has 2 aliphatic rings. The van der Waals surface area contributed by atoms with Crippen LogP contribution in [0.25, 0.3) is 0 Å². The average molecular weight is 378 g/mol. The summed E-state index contributed by atoms with van der Waals surface area (Å²) in [5.41, 5.74) is 5.37. The molecular weight excluding hydrogens is 352 g/mol. The number of likely N-dealkylation sites (N-methyl/N-ethyl adjacent to an activating group) is 1. The lowest BCUT2D eigenvalue weighted by molar-refractivity contribution is -0.129. The molecule has 146 valence electrons. The largest absolute Gasteiger partial charge is 0.496 e. The summed E-state index contributed by atoms with van der Waals surface area (Å²) in [7, 11) is 3.60. The normalized spacial score (nSPS) is 17.5. The van der Waals surface area contributed by atoms with Gasteiger partial charge < -0.3 is 15.0 Å². The van der Waals surface area contributed by atoms with Crippen molar-refractivity contribution < 1.29 is 14.3 Å². The van der Waals surface area contributed by atoms with Gasteiger partial charge in [0.1, 0.15) is 5.75 Å². The Balaban J connectivity index is 1.44. The second kappa shape index (κ2) is 7.66. The van der Waals surface area contributed by atoms with Crippen LogP contribution in [0.4, 0.5) is 5.69 Å². The Kier molecular flexibility index (Phi) is 5.07. The number of carbonyl (C=O) groups excluding carboxylic acids is 2. The highest BCUT2D eigenvalue weighted by Crippen LogP contribution is 2.37. The molecule has 0 saturated carbocycles. The highest BCUT2D eigenvalue weighted by Gasteiger charge is 2.25. The SMILES string of the molecule is COc1cccc2c1CCC[C@H]2CN(C)C(=O)Cc1ccc2c(c1)NC(=O)C2. The quantitative estimate of drug-likeness (QED) is 0.868. The minimum atomic E-state index is 0.0157. The molecule has 0 fully saturated rings. The summed E-state index contributed by atoms with van der Waals surface area (Å²) in [5.74, 6) is 1.41. The van der Waals surface area contributed by atoms with Crippen molar-refractivity contribution in [3.05, 3.63) is 58.7 Å². The third kappa shape index (κ3) is 3.61. The van der Waals surface area contributed by atoms with Gasteiger partial charge in [-0.3, -0.25) is 9.59 Å². The Labute approximate surface area is 165 Å². The van der Waals surface area contributed by atoms with Crippen LogP contribution >= 0.6 is 0 Å². The van der Waals surface area contributed by atoms with Crippen molar-refractivity contribution in [2.45, 2.75) is 38.0 Å². The van der Waals surface area contributed by atoms with Crippen LogP contribution in [0, 0.1) is 0 Å². The number of fused-ring (bicyclic) bond motifs is 2. The van der Waals surface area contributed by atoms with Crippen LogP contribution in [0.1, 0.15) is 41.0 Å². The lowest BCUT2D eigenvalue weighted by atomic mass is 9.82. The third-order valence-corrected chi connectivity index (χ3v) is 5.88. The summed E-state index contributed by atoms with van der Waals surface area (Å²) >= 11 is 0. The van der Waals surface area contributed by atoms with Gasteiger partial charge in [-0.1, -0.05) is 24.3 Å². The van der Waals surface area contributed by atoms with Crippen molar-refractivity contribution in [1.29, 1.82) is 0 Å². The molecule has 2 aromatic carbocycles. The highest BCUT2D eigenvalue weighted by atomic mass is 16.5. The Hall–Kier alpha value is -2.82. The third-order valence-electron chi connectivity index (χ3n) is 5.88. The first-order valence-corrected chi connectivity index (χ1v) is 9.86. The monoisotopic (exact) mass is 378 g/mol. The van der Waals surface area contributed by atoms with Crippen LogP contribution < -0.4 is 10.1 Å². The van der Waals surface area contributed by atoms with Crippen LogP contribution in [0.15, 0.2) is 36.4 Å². The van der Waals surface area contributed by atoms with Crippen molar-refractivity contribution in [3.8, 4) is 5.75 Å². The number of ether oxygens (including phenoxy) is 1. The molecule has 28 heavy (non-hydrogen) atoms. The molecule has 0 spiro atoms. The van der Waals surface area contributed by atoms with Crippen molar-refractivity contribution >= 4 is 17.5 Å². The van der Waals surface area contributed by atoms with Crippen molar-refractivity contribution in [1.82, 2.24) is 4.90 Å². The van der Waals surface area contributed by atoms with Crippen molar-refractivity contribution in [2.24, 2.45) is 0 Å². The fourth-order valence-electron chi connectivity index (χ4n) is 4.41. The van der Waals surface area contributed by atoms with E-state index in [0.717, 1.165) is 41.8 Å². The van der Waals surface area contributed by atoms with E-state index < -0.39 is 0 Å². The molecule has 1 aliphatic heterocycles. The Bertz CT molecular complexity index is 922. The molecule has 2 amide bonds. The van der Waals surface area contributed by atoms with Crippen LogP contribution in [-0.2, 0) is 28.9 Å². The Morgan fingerprint density at radius 2 is 2.14 bits per heavy atom. The Morgan fingerprint density at radius 1 is 1.29 bits per heavy atom. The van der Waals surface area contributed by atoms with E-state index in [1.165, 1.54) is 11.1 Å². The summed E-state index contributed by atoms with van der Waals surface area (Å²) in [4.78, 5) is 26.2. The first kappa shape index (κ1) is 18.5. The van der Waals surface area contributed by atoms with Crippen LogP contribution in [0.2, 0.25) is 0 Å². The van der Waals surface area contributed by atoms with Gasteiger partial charge in [-0.2, -0.15) is 0 Å². The molecule has 5 nitrogen and oxygen atoms in total. The number of carbonyl (C=O) groups is 2. The Morgan fingerprint density at radius 3 is 2.96 bits per heavy atom. The van der Waals surface area contributed by atoms with Crippen LogP contribution in [-0.4, -0.2) is 37.4 Å². The molecule has 0 radical (unpaired) electrons. The molecule has 1 atom stereocenters. The molecule has 1 N–H and O–H groups in total. The van der Waals surface area contributed by atoms with E-state index in [0.29, 0.717) is 25.3 Å². The molecule has 0 saturated heterocycles. The van der Waals surface area contributed by atoms with E-state index in [1.807, 2.05) is 42.3 Å². The summed E-state index contributed by atoms with van der Waals surface area (Å²) in [6.07, 6.45) is 4.01. The maximum absolute atomic E-state index is 12.8. The number of amides is 2. The number of nitrogens with one attached hydrogen (secondary N) is 1. The number of hydrogen-bond acceptors (Lipinski definition) is 3. The van der Waals surface area contributed by atoms with Gasteiger partial charge in [-0.05, 0) is 53.6 Å². The second-order valence-electron chi connectivity index (χ2n) is 7.78. The fourth-order valence-corrected chi connectivity index (χ4v) is 4.41. The zero-order chi connectivity index (χ0) is 19.7. The van der Waals surface area contributed by atoms with Gasteiger partial charge >= 0.3 is 0 Å². The van der Waals surface area contributed by atoms with E-state index in [1.54, 1.807) is 7.11 Å². The van der Waals surface area contributed by atoms with E-state index in [-0.39, 0.29) is 11.8 Å². The van der Waals surface area contributed by atoms with E-state index in [9.17, 15) is 9.59 Å². The van der Waals surface area contributed by atoms with Gasteiger partial charge in [-0.15, -0.1) is 0 Å². The summed E-state index contributed by atoms with van der Waals surface area (Å²) < 4.78 is 5.53. The van der Waals surface area contributed by atoms with Gasteiger partial charge in [-0.25, -0.2) is 0 Å². The molecular formula is C23H26N2O3. The zero-order valence-electron chi connectivity index (χ0n) is 16.5. The molecule has 1 aliphatic carbocycles. The smallest absolute Gasteiger partial charge is 0.228 e. The van der Waals surface area contributed by atoms with Gasteiger partial charge in [0.2, 0.25) is 11.8 Å². The summed E-state index contributed by atoms with van der Waals surface area (Å²) in [6, 6.07) is 12.0. The van der Waals surface area contributed by atoms with Crippen molar-refractivity contribution in [3.63, 3.8) is 0 Å². The molecule has 5 heteroatoms. The fraction of sp³-hybridized carbons (Fsp3) is 0.391. The van der Waals surface area contributed by atoms with Crippen LogP contribution in [0.5, 0.6) is 5.75 Å². The van der Waals surface area contributed by atoms with E-state index in [2.05, 4.69) is 11.4 Å². The number of anilines is 1. The first-order valence-electron chi connectivity index (χ1n) is 9.86. The number of rotatable bonds is 5. The number of nitrogens with zero attached hydrogens (tertiary/aromatic N) is 1. The number of methoxy groups -OCH3 is 1. The van der Waals surface area contributed by atoms with E-state index >= 15 is 0 Å². The molecule has 1 heterocycles. The standard InChI is InChI=1S/C23H26N2O3/c1-25(14-17-5-3-7-19-18(17)6-4-8-21(19)28-2)23(27)12-15-9-10-16-13-22(26)24-20(16)11-15/h4,6,8-11,17H,3,5,7,12-14H2,1-2H3,(H,24,26)/t17-/m0/s1. The number of benzene rings is 2. The minimum Gasteiger partial charge on any atom is -0.496 e. The predicted octanol–water partition coefficient (Wildman–Crippen LogP) is 3.31. The minimum absolute atomic E-state index is 0.0157. The zero-order valence-corrected chi connectivity index (χ0v) is 16.5. The molecule has 4 rings (SSSR count). The lowest BCUT2D eigenvalue weighted by Crippen LogP contribution is -2.33. The second-order valence-corrected chi connectivity index (χ2v) is 7.78. The lowest BCUT2D eigenvalue weighted by Gasteiger charge is -2.30. The number of hydrogen-bond donors (Lipinski definition) is 1. The average Bonchev–Trinajstić information content (AvgIpc) is 3.07. The maximum Gasteiger partial charge on any atom is 0.228 e. The molecule has 2 aromatic rings. The van der Waals surface area contributed by atoms with Gasteiger partial charge in [0.25, 0.3) is 0 Å². The van der Waals surface area contributed by atoms with Crippen molar-refractivity contribution in [2.75, 3.05) is 26.0 Å². The van der Waals surface area contributed by atoms with Gasteiger partial charge in [0.05, 0.1) is 20.0 Å². The molecule has 0 unspecified atom stereocenters. The molecule has 0 aromatic heterocycles. The summed E-state index contributed by atoms with van der Waals surface area (Å²) in [5, 5.41) is 2.85.